The third-order valence-electron chi connectivity index (χ3n) is 4.62. The number of aryl methyl sites for hydroxylation is 1. The Morgan fingerprint density at radius 2 is 1.83 bits per heavy atom. The summed E-state index contributed by atoms with van der Waals surface area (Å²) in [5.41, 5.74) is 9.20. The van der Waals surface area contributed by atoms with E-state index in [0.717, 1.165) is 5.69 Å². The minimum absolute atomic E-state index is 0.341. The molecule has 1 aromatic carbocycles. The molecule has 0 unspecified atom stereocenters. The van der Waals surface area contributed by atoms with Crippen molar-refractivity contribution < 1.29 is 0 Å². The van der Waals surface area contributed by atoms with E-state index in [2.05, 4.69) is 27.5 Å². The van der Waals surface area contributed by atoms with Gasteiger partial charge in [0.05, 0.1) is 11.4 Å². The highest BCUT2D eigenvalue weighted by atomic mass is 15.3. The molecule has 0 atom stereocenters. The van der Waals surface area contributed by atoms with Gasteiger partial charge in [-0.1, -0.05) is 24.3 Å². The van der Waals surface area contributed by atoms with Gasteiger partial charge in [0, 0.05) is 12.7 Å². The van der Waals surface area contributed by atoms with Crippen LogP contribution in [-0.2, 0) is 6.42 Å². The topological polar surface area (TPSA) is 121 Å². The maximum Gasteiger partial charge on any atom is 0.168 e. The summed E-state index contributed by atoms with van der Waals surface area (Å²) in [5.74, 6) is 0.891. The van der Waals surface area contributed by atoms with Crippen LogP contribution in [0.5, 0.6) is 0 Å². The zero-order chi connectivity index (χ0) is 20.2. The Bertz CT molecular complexity index is 1240. The third-order valence-corrected chi connectivity index (χ3v) is 4.62. The van der Waals surface area contributed by atoms with Gasteiger partial charge in [-0.05, 0) is 37.1 Å². The number of hydrogen-bond donors (Lipinski definition) is 2. The summed E-state index contributed by atoms with van der Waals surface area (Å²) in [6.07, 6.45) is 3.10. The lowest BCUT2D eigenvalue weighted by Crippen LogP contribution is -2.06. The van der Waals surface area contributed by atoms with Gasteiger partial charge >= 0.3 is 0 Å². The van der Waals surface area contributed by atoms with Crippen LogP contribution >= 0.6 is 0 Å². The molecule has 0 amide bonds. The van der Waals surface area contributed by atoms with E-state index in [1.807, 2.05) is 54.7 Å². The average molecular weight is 382 g/mol. The highest BCUT2D eigenvalue weighted by Crippen LogP contribution is 2.22. The van der Waals surface area contributed by atoms with E-state index in [1.165, 1.54) is 0 Å². The fraction of sp³-hybridized carbons (Fsp3) is 0.143. The zero-order valence-electron chi connectivity index (χ0n) is 15.6. The smallest absolute Gasteiger partial charge is 0.168 e. The predicted octanol–water partition coefficient (Wildman–Crippen LogP) is 2.89. The Hall–Kier alpha value is -4.30. The van der Waals surface area contributed by atoms with Crippen molar-refractivity contribution in [3.05, 3.63) is 71.7 Å². The normalized spacial score (nSPS) is 10.6. The maximum absolute atomic E-state index is 9.50. The van der Waals surface area contributed by atoms with Gasteiger partial charge in [0.1, 0.15) is 29.2 Å². The van der Waals surface area contributed by atoms with Gasteiger partial charge in [-0.15, -0.1) is 0 Å². The van der Waals surface area contributed by atoms with Crippen LogP contribution in [0.15, 0.2) is 54.7 Å². The Kier molecular flexibility index (Phi) is 4.83. The highest BCUT2D eigenvalue weighted by molar-refractivity contribution is 5.59. The van der Waals surface area contributed by atoms with Crippen LogP contribution in [-0.4, -0.2) is 25.7 Å². The second-order valence-corrected chi connectivity index (χ2v) is 6.45. The van der Waals surface area contributed by atoms with E-state index in [-0.39, 0.29) is 0 Å². The van der Waals surface area contributed by atoms with Crippen molar-refractivity contribution >= 4 is 17.3 Å². The van der Waals surface area contributed by atoms with Crippen molar-refractivity contribution in [2.24, 2.45) is 0 Å². The minimum Gasteiger partial charge on any atom is -0.382 e. The fourth-order valence-corrected chi connectivity index (χ4v) is 3.23. The molecule has 0 saturated heterocycles. The average Bonchev–Trinajstić information content (AvgIpc) is 3.28. The molecule has 4 aromatic rings. The van der Waals surface area contributed by atoms with Crippen molar-refractivity contribution in [1.82, 2.24) is 19.2 Å². The molecular formula is C21H18N8. The number of nitrogens with two attached hydrogens (primary N) is 1. The summed E-state index contributed by atoms with van der Waals surface area (Å²) in [6.45, 7) is 0.585. The van der Waals surface area contributed by atoms with E-state index >= 15 is 0 Å². The molecule has 3 aromatic heterocycles. The number of hydrogen-bond acceptors (Lipinski definition) is 6. The molecule has 3 heterocycles. The number of imidazole rings is 1. The lowest BCUT2D eigenvalue weighted by molar-refractivity contribution is 0.789. The number of rotatable bonds is 6. The lowest BCUT2D eigenvalue weighted by atomic mass is 10.1. The van der Waals surface area contributed by atoms with Gasteiger partial charge in [-0.3, -0.25) is 4.40 Å². The van der Waals surface area contributed by atoms with E-state index in [0.29, 0.717) is 53.6 Å². The quantitative estimate of drug-likeness (QED) is 0.495. The molecule has 0 saturated carbocycles. The van der Waals surface area contributed by atoms with Gasteiger partial charge in [0.15, 0.2) is 11.5 Å². The van der Waals surface area contributed by atoms with Crippen LogP contribution in [0, 0.1) is 22.7 Å². The second-order valence-electron chi connectivity index (χ2n) is 6.45. The molecule has 0 spiro atoms. The number of pyridine rings is 1. The van der Waals surface area contributed by atoms with Crippen molar-refractivity contribution in [2.45, 2.75) is 12.8 Å². The van der Waals surface area contributed by atoms with E-state index in [9.17, 15) is 10.5 Å². The molecular weight excluding hydrogens is 364 g/mol. The number of aromatic nitrogens is 4. The second kappa shape index (κ2) is 7.75. The Morgan fingerprint density at radius 3 is 2.59 bits per heavy atom. The van der Waals surface area contributed by atoms with Gasteiger partial charge in [0.25, 0.3) is 0 Å². The number of nitriles is 2. The molecule has 3 N–H and O–H groups in total. The molecule has 0 aliphatic heterocycles. The van der Waals surface area contributed by atoms with Crippen molar-refractivity contribution in [2.75, 3.05) is 17.6 Å². The van der Waals surface area contributed by atoms with Crippen LogP contribution < -0.4 is 11.1 Å². The molecule has 0 aliphatic rings. The molecule has 0 bridgehead atoms. The molecule has 142 valence electrons. The number of para-hydroxylation sites is 1. The first-order valence-electron chi connectivity index (χ1n) is 9.17. The standard InChI is InChI=1S/C21H18N8/c22-13-16-17(27-29(20(16)24)15-7-2-1-3-8-15)9-6-11-25-21-18(14-23)28-12-5-4-10-19(28)26-21/h1-5,7-8,10,12,25H,6,9,11,24H2. The summed E-state index contributed by atoms with van der Waals surface area (Å²) in [4.78, 5) is 4.46. The molecule has 29 heavy (non-hydrogen) atoms. The van der Waals surface area contributed by atoms with E-state index in [4.69, 9.17) is 5.73 Å². The molecule has 4 rings (SSSR count). The zero-order valence-corrected chi connectivity index (χ0v) is 15.6. The Morgan fingerprint density at radius 1 is 1.03 bits per heavy atom. The number of nitrogen functional groups attached to an aromatic ring is 1. The number of fused-ring (bicyclic) bond motifs is 1. The van der Waals surface area contributed by atoms with Crippen molar-refractivity contribution in [3.63, 3.8) is 0 Å². The van der Waals surface area contributed by atoms with Crippen LogP contribution in [0.25, 0.3) is 11.3 Å². The number of nitrogens with one attached hydrogen (secondary N) is 1. The molecule has 0 radical (unpaired) electrons. The largest absolute Gasteiger partial charge is 0.382 e. The highest BCUT2D eigenvalue weighted by Gasteiger charge is 2.16. The van der Waals surface area contributed by atoms with Crippen LogP contribution in [0.4, 0.5) is 11.6 Å². The first-order chi connectivity index (χ1) is 14.2. The summed E-state index contributed by atoms with van der Waals surface area (Å²) in [5, 5.41) is 26.7. The number of benzene rings is 1. The summed E-state index contributed by atoms with van der Waals surface area (Å²) >= 11 is 0. The summed E-state index contributed by atoms with van der Waals surface area (Å²) in [6, 6.07) is 19.4. The van der Waals surface area contributed by atoms with Gasteiger partial charge in [-0.25, -0.2) is 9.67 Å². The minimum atomic E-state index is 0.341. The predicted molar refractivity (Wildman–Crippen MR) is 109 cm³/mol. The van der Waals surface area contributed by atoms with Gasteiger partial charge < -0.3 is 11.1 Å². The maximum atomic E-state index is 9.50. The monoisotopic (exact) mass is 382 g/mol. The summed E-state index contributed by atoms with van der Waals surface area (Å²) in [7, 11) is 0. The molecule has 0 fully saturated rings. The van der Waals surface area contributed by atoms with E-state index in [1.54, 1.807) is 9.08 Å². The molecule has 8 nitrogen and oxygen atoms in total. The number of anilines is 2. The van der Waals surface area contributed by atoms with Crippen LogP contribution in [0.3, 0.4) is 0 Å². The Balaban J connectivity index is 1.47. The Labute approximate surface area is 167 Å². The van der Waals surface area contributed by atoms with Gasteiger partial charge in [0.2, 0.25) is 0 Å². The molecule has 0 aliphatic carbocycles. The van der Waals surface area contributed by atoms with Crippen molar-refractivity contribution in [1.29, 1.82) is 10.5 Å². The van der Waals surface area contributed by atoms with Crippen LogP contribution in [0.1, 0.15) is 23.4 Å². The molecule has 8 heteroatoms. The first kappa shape index (κ1) is 18.1. The number of nitrogens with zero attached hydrogens (tertiary/aromatic N) is 6. The lowest BCUT2D eigenvalue weighted by Gasteiger charge is -2.03. The van der Waals surface area contributed by atoms with Gasteiger partial charge in [-0.2, -0.15) is 15.6 Å². The van der Waals surface area contributed by atoms with Crippen molar-refractivity contribution in [3.8, 4) is 17.8 Å². The van der Waals surface area contributed by atoms with E-state index < -0.39 is 0 Å². The van der Waals surface area contributed by atoms with Crippen LogP contribution in [0.2, 0.25) is 0 Å². The third kappa shape index (κ3) is 3.35. The summed E-state index contributed by atoms with van der Waals surface area (Å²) < 4.78 is 3.34. The first-order valence-corrected chi connectivity index (χ1v) is 9.17. The fourth-order valence-electron chi connectivity index (χ4n) is 3.23. The SMILES string of the molecule is N#Cc1c(CCCNc2nc3ccccn3c2C#N)nn(-c2ccccc2)c1N.